The quantitative estimate of drug-likeness (QED) is 0.459. The Bertz CT molecular complexity index is 1030. The summed E-state index contributed by atoms with van der Waals surface area (Å²) in [5.41, 5.74) is 11.0. The highest BCUT2D eigenvalue weighted by Crippen LogP contribution is 2.32. The van der Waals surface area contributed by atoms with Crippen molar-refractivity contribution in [2.24, 2.45) is 0 Å². The number of nitrogens with one attached hydrogen (secondary N) is 2. The average Bonchev–Trinajstić information content (AvgIpc) is 3.20. The van der Waals surface area contributed by atoms with Crippen molar-refractivity contribution in [1.82, 2.24) is 25.7 Å². The maximum absolute atomic E-state index is 6.05. The molecule has 0 aliphatic heterocycles. The van der Waals surface area contributed by atoms with Gasteiger partial charge in [-0.25, -0.2) is 10.1 Å². The Morgan fingerprint density at radius 1 is 1.00 bits per heavy atom. The molecule has 28 heavy (non-hydrogen) atoms. The minimum atomic E-state index is 0.148. The van der Waals surface area contributed by atoms with Gasteiger partial charge in [-0.2, -0.15) is 0 Å². The summed E-state index contributed by atoms with van der Waals surface area (Å²) in [5, 5.41) is 14.6. The lowest BCUT2D eigenvalue weighted by Gasteiger charge is -2.21. The molecule has 0 saturated heterocycles. The molecule has 6 nitrogen and oxygen atoms in total. The van der Waals surface area contributed by atoms with Gasteiger partial charge in [0.15, 0.2) is 5.65 Å². The number of pyridine rings is 1. The lowest BCUT2D eigenvalue weighted by atomic mass is 9.88. The first-order valence-electron chi connectivity index (χ1n) is 9.53. The second-order valence-electron chi connectivity index (χ2n) is 6.98. The number of anilines is 1. The van der Waals surface area contributed by atoms with E-state index >= 15 is 0 Å². The monoisotopic (exact) mass is 372 g/mol. The minimum Gasteiger partial charge on any atom is -0.384 e. The van der Waals surface area contributed by atoms with E-state index in [-0.39, 0.29) is 12.0 Å². The van der Waals surface area contributed by atoms with Gasteiger partial charge in [0.2, 0.25) is 0 Å². The zero-order valence-corrected chi connectivity index (χ0v) is 15.8. The molecule has 6 heteroatoms. The largest absolute Gasteiger partial charge is 0.384 e. The summed E-state index contributed by atoms with van der Waals surface area (Å²) >= 11 is 0. The molecule has 2 atom stereocenters. The third-order valence-corrected chi connectivity index (χ3v) is 5.11. The fraction of sp³-hybridized carbons (Fsp3) is 0.227. The predicted octanol–water partition coefficient (Wildman–Crippen LogP) is 3.81. The summed E-state index contributed by atoms with van der Waals surface area (Å²) in [5.74, 6) is 0.620. The van der Waals surface area contributed by atoms with Crippen LogP contribution in [0.4, 0.5) is 5.82 Å². The number of aromatic nitrogens is 4. The average molecular weight is 372 g/mol. The SMILES string of the molecule is CC(NCCC(c1ccccc1)c1cc(N)nc2[nH]nnc12)c1ccccc1. The Labute approximate surface area is 164 Å². The minimum absolute atomic E-state index is 0.148. The van der Waals surface area contributed by atoms with Crippen molar-refractivity contribution in [2.75, 3.05) is 12.3 Å². The molecule has 2 aromatic heterocycles. The van der Waals surface area contributed by atoms with Crippen LogP contribution in [0.3, 0.4) is 0 Å². The highest BCUT2D eigenvalue weighted by molar-refractivity contribution is 5.77. The Morgan fingerprint density at radius 3 is 2.39 bits per heavy atom. The van der Waals surface area contributed by atoms with Gasteiger partial charge in [0.05, 0.1) is 0 Å². The van der Waals surface area contributed by atoms with Gasteiger partial charge in [-0.3, -0.25) is 0 Å². The highest BCUT2D eigenvalue weighted by Gasteiger charge is 2.20. The van der Waals surface area contributed by atoms with Crippen molar-refractivity contribution in [1.29, 1.82) is 0 Å². The van der Waals surface area contributed by atoms with Crippen molar-refractivity contribution < 1.29 is 0 Å². The first kappa shape index (κ1) is 18.1. The molecular formula is C22H24N6. The summed E-state index contributed by atoms with van der Waals surface area (Å²) in [7, 11) is 0. The second kappa shape index (κ2) is 8.19. The van der Waals surface area contributed by atoms with Gasteiger partial charge in [-0.05, 0) is 42.6 Å². The maximum atomic E-state index is 6.05. The van der Waals surface area contributed by atoms with Crippen LogP contribution < -0.4 is 11.1 Å². The molecule has 0 spiro atoms. The number of nitrogen functional groups attached to an aromatic ring is 1. The van der Waals surface area contributed by atoms with Crippen molar-refractivity contribution in [2.45, 2.75) is 25.3 Å². The van der Waals surface area contributed by atoms with Crippen LogP contribution in [0.1, 0.15) is 42.0 Å². The normalized spacial score (nSPS) is 13.5. The third kappa shape index (κ3) is 3.87. The summed E-state index contributed by atoms with van der Waals surface area (Å²) in [6, 6.07) is 23.1. The summed E-state index contributed by atoms with van der Waals surface area (Å²) < 4.78 is 0. The summed E-state index contributed by atoms with van der Waals surface area (Å²) in [4.78, 5) is 4.30. The molecule has 0 aliphatic carbocycles. The first-order valence-corrected chi connectivity index (χ1v) is 9.53. The van der Waals surface area contributed by atoms with E-state index in [2.05, 4.69) is 81.2 Å². The molecule has 0 fully saturated rings. The van der Waals surface area contributed by atoms with Crippen LogP contribution in [0.2, 0.25) is 0 Å². The maximum Gasteiger partial charge on any atom is 0.178 e. The lowest BCUT2D eigenvalue weighted by molar-refractivity contribution is 0.541. The molecule has 0 aliphatic rings. The molecule has 4 N–H and O–H groups in total. The van der Waals surface area contributed by atoms with Gasteiger partial charge in [-0.15, -0.1) is 5.10 Å². The highest BCUT2D eigenvalue weighted by atomic mass is 15.3. The molecule has 0 saturated carbocycles. The van der Waals surface area contributed by atoms with Crippen LogP contribution in [0, 0.1) is 0 Å². The lowest BCUT2D eigenvalue weighted by Crippen LogP contribution is -2.22. The van der Waals surface area contributed by atoms with Crippen LogP contribution >= 0.6 is 0 Å². The number of H-pyrrole nitrogens is 1. The van der Waals surface area contributed by atoms with E-state index in [0.29, 0.717) is 11.5 Å². The van der Waals surface area contributed by atoms with Gasteiger partial charge in [0.25, 0.3) is 0 Å². The van der Waals surface area contributed by atoms with E-state index in [0.717, 1.165) is 24.0 Å². The molecule has 142 valence electrons. The number of aromatic amines is 1. The fourth-order valence-electron chi connectivity index (χ4n) is 3.64. The van der Waals surface area contributed by atoms with E-state index < -0.39 is 0 Å². The number of hydrogen-bond donors (Lipinski definition) is 3. The summed E-state index contributed by atoms with van der Waals surface area (Å²) in [6.45, 7) is 3.05. The van der Waals surface area contributed by atoms with E-state index in [1.807, 2.05) is 18.2 Å². The number of nitrogens with two attached hydrogens (primary N) is 1. The van der Waals surface area contributed by atoms with Crippen LogP contribution in [0.25, 0.3) is 11.2 Å². The molecule has 2 heterocycles. The Kier molecular flexibility index (Phi) is 5.30. The Morgan fingerprint density at radius 2 is 1.68 bits per heavy atom. The van der Waals surface area contributed by atoms with Gasteiger partial charge in [-0.1, -0.05) is 65.9 Å². The van der Waals surface area contributed by atoms with Crippen molar-refractivity contribution >= 4 is 17.0 Å². The number of benzene rings is 2. The zero-order valence-electron chi connectivity index (χ0n) is 15.8. The van der Waals surface area contributed by atoms with Gasteiger partial charge in [0.1, 0.15) is 11.3 Å². The molecule has 4 aromatic rings. The van der Waals surface area contributed by atoms with Crippen LogP contribution in [-0.2, 0) is 0 Å². The molecule has 4 rings (SSSR count). The smallest absolute Gasteiger partial charge is 0.178 e. The Hall–Kier alpha value is -3.25. The van der Waals surface area contributed by atoms with Crippen molar-refractivity contribution in [3.63, 3.8) is 0 Å². The van der Waals surface area contributed by atoms with Gasteiger partial charge >= 0.3 is 0 Å². The van der Waals surface area contributed by atoms with E-state index in [1.54, 1.807) is 0 Å². The topological polar surface area (TPSA) is 92.5 Å². The fourth-order valence-corrected chi connectivity index (χ4v) is 3.64. The van der Waals surface area contributed by atoms with Crippen molar-refractivity contribution in [3.8, 4) is 0 Å². The standard InChI is InChI=1S/C22H24N6/c1-15(16-8-4-2-5-9-16)24-13-12-18(17-10-6-3-7-11-17)19-14-20(23)25-22-21(19)26-28-27-22/h2-11,14-15,18,24H,12-13H2,1H3,(H3,23,25,26,27,28). The predicted molar refractivity (Wildman–Crippen MR) is 112 cm³/mol. The summed E-state index contributed by atoms with van der Waals surface area (Å²) in [6.07, 6.45) is 0.909. The van der Waals surface area contributed by atoms with E-state index in [4.69, 9.17) is 5.73 Å². The first-order chi connectivity index (χ1) is 13.7. The van der Waals surface area contributed by atoms with Crippen LogP contribution in [0.5, 0.6) is 0 Å². The zero-order chi connectivity index (χ0) is 19.3. The number of nitrogens with zero attached hydrogens (tertiary/aromatic N) is 3. The molecule has 0 radical (unpaired) electrons. The molecule has 2 unspecified atom stereocenters. The van der Waals surface area contributed by atoms with Crippen LogP contribution in [-0.4, -0.2) is 26.9 Å². The number of fused-ring (bicyclic) bond motifs is 1. The van der Waals surface area contributed by atoms with Crippen LogP contribution in [0.15, 0.2) is 66.7 Å². The Balaban J connectivity index is 1.59. The third-order valence-electron chi connectivity index (χ3n) is 5.11. The molecule has 2 aromatic carbocycles. The molecular weight excluding hydrogens is 348 g/mol. The second-order valence-corrected chi connectivity index (χ2v) is 6.98. The van der Waals surface area contributed by atoms with E-state index in [9.17, 15) is 0 Å². The number of rotatable bonds is 7. The van der Waals surface area contributed by atoms with Gasteiger partial charge < -0.3 is 11.1 Å². The van der Waals surface area contributed by atoms with Gasteiger partial charge in [0, 0.05) is 12.0 Å². The number of hydrogen-bond acceptors (Lipinski definition) is 5. The molecule has 0 amide bonds. The molecule has 0 bridgehead atoms. The van der Waals surface area contributed by atoms with Crippen molar-refractivity contribution in [3.05, 3.63) is 83.4 Å². The van der Waals surface area contributed by atoms with E-state index in [1.165, 1.54) is 11.1 Å².